The van der Waals surface area contributed by atoms with Crippen molar-refractivity contribution in [1.29, 1.82) is 0 Å². The van der Waals surface area contributed by atoms with E-state index in [4.69, 9.17) is 10.5 Å². The second kappa shape index (κ2) is 6.01. The van der Waals surface area contributed by atoms with Gasteiger partial charge < -0.3 is 15.8 Å². The number of nitrogens with two attached hydrogens (primary N) is 1. The predicted molar refractivity (Wildman–Crippen MR) is 85.4 cm³/mol. The van der Waals surface area contributed by atoms with Crippen molar-refractivity contribution >= 4 is 5.91 Å². The van der Waals surface area contributed by atoms with Gasteiger partial charge in [-0.25, -0.2) is 4.39 Å². The summed E-state index contributed by atoms with van der Waals surface area (Å²) in [6.07, 6.45) is 1.22. The van der Waals surface area contributed by atoms with Crippen LogP contribution in [0.2, 0.25) is 0 Å². The third-order valence-corrected chi connectivity index (χ3v) is 4.35. The number of halogens is 1. The molecule has 0 fully saturated rings. The summed E-state index contributed by atoms with van der Waals surface area (Å²) in [6, 6.07) is 11.7. The summed E-state index contributed by atoms with van der Waals surface area (Å²) in [5.74, 6) is 0.177. The molecule has 0 radical (unpaired) electrons. The third kappa shape index (κ3) is 2.80. The molecule has 3 N–H and O–H groups in total. The molecule has 120 valence electrons. The van der Waals surface area contributed by atoms with Gasteiger partial charge in [0.25, 0.3) is 0 Å². The lowest BCUT2D eigenvalue weighted by atomic mass is 9.91. The topological polar surface area (TPSA) is 64.3 Å². The van der Waals surface area contributed by atoms with Crippen LogP contribution in [0.25, 0.3) is 0 Å². The van der Waals surface area contributed by atoms with E-state index in [1.165, 1.54) is 12.1 Å². The van der Waals surface area contributed by atoms with E-state index in [0.717, 1.165) is 16.9 Å². The highest BCUT2D eigenvalue weighted by atomic mass is 19.1. The van der Waals surface area contributed by atoms with Crippen molar-refractivity contribution in [2.24, 2.45) is 5.73 Å². The number of carbonyl (C=O) groups is 1. The molecule has 0 aromatic heterocycles. The Labute approximate surface area is 134 Å². The van der Waals surface area contributed by atoms with Crippen molar-refractivity contribution < 1.29 is 13.9 Å². The molecule has 0 bridgehead atoms. The van der Waals surface area contributed by atoms with Gasteiger partial charge in [0.05, 0.1) is 7.11 Å². The van der Waals surface area contributed by atoms with Crippen LogP contribution in [0, 0.1) is 5.82 Å². The van der Waals surface area contributed by atoms with Gasteiger partial charge in [-0.1, -0.05) is 24.3 Å². The van der Waals surface area contributed by atoms with Gasteiger partial charge >= 0.3 is 0 Å². The molecule has 0 saturated carbocycles. The summed E-state index contributed by atoms with van der Waals surface area (Å²) < 4.78 is 18.5. The monoisotopic (exact) mass is 314 g/mol. The largest absolute Gasteiger partial charge is 0.496 e. The molecule has 1 unspecified atom stereocenters. The van der Waals surface area contributed by atoms with Crippen LogP contribution in [0.1, 0.15) is 23.1 Å². The lowest BCUT2D eigenvalue weighted by Gasteiger charge is -2.24. The van der Waals surface area contributed by atoms with Crippen molar-refractivity contribution in [3.05, 3.63) is 65.0 Å². The SMILES string of the molecule is COc1cccc2c1CCC2(N)C(=O)NCc1cccc(F)c1. The highest BCUT2D eigenvalue weighted by molar-refractivity contribution is 5.89. The summed E-state index contributed by atoms with van der Waals surface area (Å²) in [5.41, 5.74) is 7.80. The minimum atomic E-state index is -1.07. The highest BCUT2D eigenvalue weighted by Crippen LogP contribution is 2.39. The average Bonchev–Trinajstić information content (AvgIpc) is 2.91. The molecule has 1 atom stereocenters. The van der Waals surface area contributed by atoms with E-state index in [0.29, 0.717) is 18.4 Å². The standard InChI is InChI=1S/C18H19FN2O2/c1-23-16-7-3-6-15-14(16)8-9-18(15,20)17(22)21-11-12-4-2-5-13(19)10-12/h2-7,10H,8-9,11,20H2,1H3,(H,21,22). The van der Waals surface area contributed by atoms with Crippen molar-refractivity contribution in [3.8, 4) is 5.75 Å². The van der Waals surface area contributed by atoms with Crippen molar-refractivity contribution in [1.82, 2.24) is 5.32 Å². The van der Waals surface area contributed by atoms with Gasteiger partial charge in [-0.05, 0) is 47.7 Å². The van der Waals surface area contributed by atoms with Gasteiger partial charge in [0.2, 0.25) is 5.91 Å². The first-order valence-electron chi connectivity index (χ1n) is 7.52. The fourth-order valence-corrected chi connectivity index (χ4v) is 3.11. The molecule has 1 aliphatic rings. The zero-order valence-corrected chi connectivity index (χ0v) is 12.9. The van der Waals surface area contributed by atoms with Gasteiger partial charge in [0.1, 0.15) is 17.1 Å². The van der Waals surface area contributed by atoms with Crippen LogP contribution in [0.3, 0.4) is 0 Å². The maximum absolute atomic E-state index is 13.2. The number of methoxy groups -OCH3 is 1. The normalized spacial score (nSPS) is 19.3. The number of carbonyl (C=O) groups excluding carboxylic acids is 1. The number of hydrogen-bond acceptors (Lipinski definition) is 3. The zero-order valence-electron chi connectivity index (χ0n) is 12.9. The first-order valence-corrected chi connectivity index (χ1v) is 7.52. The minimum absolute atomic E-state index is 0.245. The molecular weight excluding hydrogens is 295 g/mol. The smallest absolute Gasteiger partial charge is 0.244 e. The number of rotatable bonds is 4. The first-order chi connectivity index (χ1) is 11.0. The second-order valence-corrected chi connectivity index (χ2v) is 5.77. The molecule has 0 spiro atoms. The van der Waals surface area contributed by atoms with Gasteiger partial charge in [0, 0.05) is 6.54 Å². The van der Waals surface area contributed by atoms with E-state index >= 15 is 0 Å². The lowest BCUT2D eigenvalue weighted by molar-refractivity contribution is -0.126. The highest BCUT2D eigenvalue weighted by Gasteiger charge is 2.42. The molecule has 0 saturated heterocycles. The van der Waals surface area contributed by atoms with Crippen LogP contribution in [0.4, 0.5) is 4.39 Å². The van der Waals surface area contributed by atoms with E-state index in [1.54, 1.807) is 19.2 Å². The molecule has 2 aromatic carbocycles. The summed E-state index contributed by atoms with van der Waals surface area (Å²) in [5, 5.41) is 2.82. The molecule has 23 heavy (non-hydrogen) atoms. The summed E-state index contributed by atoms with van der Waals surface area (Å²) >= 11 is 0. The number of benzene rings is 2. The van der Waals surface area contributed by atoms with E-state index in [1.807, 2.05) is 18.2 Å². The molecule has 3 rings (SSSR count). The molecule has 1 aliphatic carbocycles. The first kappa shape index (κ1) is 15.5. The molecule has 1 amide bonds. The molecular formula is C18H19FN2O2. The lowest BCUT2D eigenvalue weighted by Crippen LogP contribution is -2.49. The van der Waals surface area contributed by atoms with E-state index in [2.05, 4.69) is 5.32 Å². The quantitative estimate of drug-likeness (QED) is 0.910. The maximum atomic E-state index is 13.2. The number of nitrogens with one attached hydrogen (secondary N) is 1. The van der Waals surface area contributed by atoms with Crippen LogP contribution in [-0.2, 0) is 23.3 Å². The van der Waals surface area contributed by atoms with E-state index in [9.17, 15) is 9.18 Å². The zero-order chi connectivity index (χ0) is 16.4. The Morgan fingerprint density at radius 3 is 2.87 bits per heavy atom. The molecule has 4 nitrogen and oxygen atoms in total. The van der Waals surface area contributed by atoms with Crippen LogP contribution in [0.5, 0.6) is 5.75 Å². The van der Waals surface area contributed by atoms with Crippen LogP contribution in [-0.4, -0.2) is 13.0 Å². The summed E-state index contributed by atoms with van der Waals surface area (Å²) in [6.45, 7) is 0.245. The number of ether oxygens (including phenoxy) is 1. The summed E-state index contributed by atoms with van der Waals surface area (Å²) in [7, 11) is 1.61. The molecule has 0 heterocycles. The van der Waals surface area contributed by atoms with Gasteiger partial charge in [-0.15, -0.1) is 0 Å². The Morgan fingerprint density at radius 1 is 1.35 bits per heavy atom. The molecule has 0 aliphatic heterocycles. The van der Waals surface area contributed by atoms with Gasteiger partial charge in [0.15, 0.2) is 0 Å². The Morgan fingerprint density at radius 2 is 2.13 bits per heavy atom. The number of fused-ring (bicyclic) bond motifs is 1. The Balaban J connectivity index is 1.79. The van der Waals surface area contributed by atoms with Crippen LogP contribution in [0.15, 0.2) is 42.5 Å². The van der Waals surface area contributed by atoms with E-state index in [-0.39, 0.29) is 18.3 Å². The van der Waals surface area contributed by atoms with Gasteiger partial charge in [-0.2, -0.15) is 0 Å². The predicted octanol–water partition coefficient (Wildman–Crippen LogP) is 2.25. The maximum Gasteiger partial charge on any atom is 0.244 e. The summed E-state index contributed by atoms with van der Waals surface area (Å²) in [4.78, 5) is 12.6. The van der Waals surface area contributed by atoms with Crippen molar-refractivity contribution in [3.63, 3.8) is 0 Å². The number of hydrogen-bond donors (Lipinski definition) is 2. The molecule has 5 heteroatoms. The average molecular weight is 314 g/mol. The van der Waals surface area contributed by atoms with Gasteiger partial charge in [-0.3, -0.25) is 4.79 Å². The van der Waals surface area contributed by atoms with Crippen LogP contribution < -0.4 is 15.8 Å². The fraction of sp³-hybridized carbons (Fsp3) is 0.278. The van der Waals surface area contributed by atoms with Crippen molar-refractivity contribution in [2.45, 2.75) is 24.9 Å². The minimum Gasteiger partial charge on any atom is -0.496 e. The van der Waals surface area contributed by atoms with Crippen LogP contribution >= 0.6 is 0 Å². The number of amides is 1. The Hall–Kier alpha value is -2.40. The van der Waals surface area contributed by atoms with E-state index < -0.39 is 5.54 Å². The fourth-order valence-electron chi connectivity index (χ4n) is 3.11. The third-order valence-electron chi connectivity index (χ3n) is 4.35. The molecule has 2 aromatic rings. The Kier molecular flexibility index (Phi) is 4.05. The van der Waals surface area contributed by atoms with Crippen molar-refractivity contribution in [2.75, 3.05) is 7.11 Å². The Bertz CT molecular complexity index is 748. The second-order valence-electron chi connectivity index (χ2n) is 5.77.